The molecule has 21 heavy (non-hydrogen) atoms. The summed E-state index contributed by atoms with van der Waals surface area (Å²) >= 11 is 1.87. The third-order valence-corrected chi connectivity index (χ3v) is 4.77. The largest absolute Gasteiger partial charge is 0.351 e. The molecule has 1 atom stereocenters. The minimum absolute atomic E-state index is 0.180. The van der Waals surface area contributed by atoms with Crippen LogP contribution < -0.4 is 16.6 Å². The normalized spacial score (nSPS) is 18.0. The van der Waals surface area contributed by atoms with Crippen molar-refractivity contribution in [1.29, 1.82) is 0 Å². The van der Waals surface area contributed by atoms with Crippen LogP contribution in [0.25, 0.3) is 0 Å². The summed E-state index contributed by atoms with van der Waals surface area (Å²) in [5.41, 5.74) is 2.48. The van der Waals surface area contributed by atoms with Crippen molar-refractivity contribution < 1.29 is 9.72 Å². The lowest BCUT2D eigenvalue weighted by Gasteiger charge is -2.21. The maximum Gasteiger partial charge on any atom is 0.294 e. The van der Waals surface area contributed by atoms with Gasteiger partial charge < -0.3 is 10.7 Å². The number of hydrazine groups is 1. The van der Waals surface area contributed by atoms with Crippen LogP contribution in [0.5, 0.6) is 0 Å². The van der Waals surface area contributed by atoms with Gasteiger partial charge in [0, 0.05) is 23.4 Å². The number of nitrogens with two attached hydrogens (primary N) is 1. The van der Waals surface area contributed by atoms with Gasteiger partial charge in [-0.2, -0.15) is 11.8 Å². The second-order valence-corrected chi connectivity index (χ2v) is 6.24. The van der Waals surface area contributed by atoms with Crippen LogP contribution in [0.4, 0.5) is 11.4 Å². The summed E-state index contributed by atoms with van der Waals surface area (Å²) in [6.07, 6.45) is 3.52. The lowest BCUT2D eigenvalue weighted by atomic mass is 10.1. The highest BCUT2D eigenvalue weighted by Gasteiger charge is 2.19. The summed E-state index contributed by atoms with van der Waals surface area (Å²) < 4.78 is 0. The summed E-state index contributed by atoms with van der Waals surface area (Å²) in [7, 11) is 0. The quantitative estimate of drug-likeness (QED) is 0.435. The second kappa shape index (κ2) is 7.28. The minimum atomic E-state index is -0.567. The van der Waals surface area contributed by atoms with Gasteiger partial charge in [-0.15, -0.1) is 0 Å². The van der Waals surface area contributed by atoms with Crippen molar-refractivity contribution in [1.82, 2.24) is 5.32 Å². The Morgan fingerprint density at radius 3 is 2.90 bits per heavy atom. The molecule has 2 rings (SSSR count). The molecule has 0 bridgehead atoms. The Balaban J connectivity index is 2.01. The van der Waals surface area contributed by atoms with Gasteiger partial charge in [0.05, 0.1) is 4.92 Å². The van der Waals surface area contributed by atoms with Gasteiger partial charge in [-0.1, -0.05) is 6.42 Å². The minimum Gasteiger partial charge on any atom is -0.351 e. The fraction of sp³-hybridized carbons (Fsp3) is 0.462. The molecule has 1 aromatic rings. The van der Waals surface area contributed by atoms with Crippen molar-refractivity contribution in [3.63, 3.8) is 0 Å². The third kappa shape index (κ3) is 4.08. The molecule has 1 amide bonds. The number of amides is 1. The van der Waals surface area contributed by atoms with E-state index in [1.807, 2.05) is 11.8 Å². The second-order valence-electron chi connectivity index (χ2n) is 4.83. The number of hydrogen-bond donors (Lipinski definition) is 3. The summed E-state index contributed by atoms with van der Waals surface area (Å²) in [6.45, 7) is 0.591. The van der Waals surface area contributed by atoms with Gasteiger partial charge in [0.2, 0.25) is 0 Å². The van der Waals surface area contributed by atoms with E-state index in [4.69, 9.17) is 5.84 Å². The first-order valence-corrected chi connectivity index (χ1v) is 7.81. The highest BCUT2D eigenvalue weighted by molar-refractivity contribution is 7.99. The van der Waals surface area contributed by atoms with E-state index in [1.165, 1.54) is 31.0 Å². The van der Waals surface area contributed by atoms with Crippen molar-refractivity contribution in [3.05, 3.63) is 33.9 Å². The molecule has 1 aliphatic rings. The Labute approximate surface area is 126 Å². The Morgan fingerprint density at radius 2 is 2.29 bits per heavy atom. The maximum absolute atomic E-state index is 12.1. The van der Waals surface area contributed by atoms with Gasteiger partial charge in [-0.05, 0) is 30.7 Å². The summed E-state index contributed by atoms with van der Waals surface area (Å²) in [4.78, 5) is 22.4. The monoisotopic (exact) mass is 310 g/mol. The number of nitro groups is 1. The van der Waals surface area contributed by atoms with E-state index >= 15 is 0 Å². The standard InChI is InChI=1S/C13H18N4O3S/c14-16-11-5-4-9(7-12(11)17(19)20)13(18)15-8-10-3-1-2-6-21-10/h4-5,7,10,16H,1-3,6,8,14H2,(H,15,18). The number of hydrogen-bond acceptors (Lipinski definition) is 6. The number of nitrogens with one attached hydrogen (secondary N) is 2. The molecule has 1 aliphatic heterocycles. The molecule has 8 heteroatoms. The van der Waals surface area contributed by atoms with Crippen molar-refractivity contribution in [2.24, 2.45) is 5.84 Å². The van der Waals surface area contributed by atoms with Crippen molar-refractivity contribution in [3.8, 4) is 0 Å². The highest BCUT2D eigenvalue weighted by atomic mass is 32.2. The SMILES string of the molecule is NNc1ccc(C(=O)NCC2CCCCS2)cc1[N+](=O)[O-]. The molecule has 0 radical (unpaired) electrons. The van der Waals surface area contributed by atoms with Gasteiger partial charge in [-0.3, -0.25) is 20.8 Å². The van der Waals surface area contributed by atoms with Gasteiger partial charge in [0.15, 0.2) is 0 Å². The molecule has 0 aliphatic carbocycles. The Bertz CT molecular complexity index is 532. The number of carbonyl (C=O) groups is 1. The number of carbonyl (C=O) groups excluding carboxylic acids is 1. The van der Waals surface area contributed by atoms with Crippen LogP contribution in [0.1, 0.15) is 29.6 Å². The molecule has 0 aromatic heterocycles. The fourth-order valence-electron chi connectivity index (χ4n) is 2.22. The van der Waals surface area contributed by atoms with E-state index < -0.39 is 4.92 Å². The molecule has 7 nitrogen and oxygen atoms in total. The molecule has 1 fully saturated rings. The number of nitro benzene ring substituents is 1. The van der Waals surface area contributed by atoms with Crippen LogP contribution in [0.3, 0.4) is 0 Å². The van der Waals surface area contributed by atoms with Gasteiger partial charge in [0.1, 0.15) is 5.69 Å². The van der Waals surface area contributed by atoms with E-state index in [-0.39, 0.29) is 22.8 Å². The summed E-state index contributed by atoms with van der Waals surface area (Å²) in [5.74, 6) is 6.04. The number of nitrogen functional groups attached to an aromatic ring is 1. The van der Waals surface area contributed by atoms with Crippen LogP contribution in [-0.4, -0.2) is 28.4 Å². The highest BCUT2D eigenvalue weighted by Crippen LogP contribution is 2.26. The van der Waals surface area contributed by atoms with Gasteiger partial charge in [-0.25, -0.2) is 0 Å². The number of thioether (sulfide) groups is 1. The van der Waals surface area contributed by atoms with E-state index in [0.29, 0.717) is 11.8 Å². The average molecular weight is 310 g/mol. The zero-order valence-electron chi connectivity index (χ0n) is 11.5. The summed E-state index contributed by atoms with van der Waals surface area (Å²) in [6, 6.07) is 4.19. The van der Waals surface area contributed by atoms with Crippen LogP contribution in [0.15, 0.2) is 18.2 Å². The molecule has 1 heterocycles. The maximum atomic E-state index is 12.1. The molecule has 1 saturated heterocycles. The molecule has 0 spiro atoms. The van der Waals surface area contributed by atoms with Crippen LogP contribution in [0, 0.1) is 10.1 Å². The molecule has 4 N–H and O–H groups in total. The first kappa shape index (κ1) is 15.6. The van der Waals surface area contributed by atoms with E-state index in [1.54, 1.807) is 0 Å². The molecule has 0 saturated carbocycles. The van der Waals surface area contributed by atoms with E-state index in [9.17, 15) is 14.9 Å². The van der Waals surface area contributed by atoms with E-state index in [0.717, 1.165) is 12.2 Å². The van der Waals surface area contributed by atoms with Crippen molar-refractivity contribution in [2.75, 3.05) is 17.7 Å². The zero-order chi connectivity index (χ0) is 15.2. The van der Waals surface area contributed by atoms with Crippen LogP contribution in [-0.2, 0) is 0 Å². The van der Waals surface area contributed by atoms with Gasteiger partial charge >= 0.3 is 0 Å². The molecular weight excluding hydrogens is 292 g/mol. The van der Waals surface area contributed by atoms with Crippen molar-refractivity contribution >= 4 is 29.0 Å². The summed E-state index contributed by atoms with van der Waals surface area (Å²) in [5, 5.41) is 14.2. The first-order chi connectivity index (χ1) is 10.1. The Hall–Kier alpha value is -1.80. The smallest absolute Gasteiger partial charge is 0.294 e. The Morgan fingerprint density at radius 1 is 1.48 bits per heavy atom. The van der Waals surface area contributed by atoms with E-state index in [2.05, 4.69) is 10.7 Å². The lowest BCUT2D eigenvalue weighted by molar-refractivity contribution is -0.384. The molecule has 1 unspecified atom stereocenters. The zero-order valence-corrected chi connectivity index (χ0v) is 12.3. The predicted octanol–water partition coefficient (Wildman–Crippen LogP) is 1.90. The number of rotatable bonds is 5. The number of nitrogens with zero attached hydrogens (tertiary/aromatic N) is 1. The molecule has 114 valence electrons. The fourth-order valence-corrected chi connectivity index (χ4v) is 3.46. The number of benzene rings is 1. The Kier molecular flexibility index (Phi) is 5.40. The van der Waals surface area contributed by atoms with Gasteiger partial charge in [0.25, 0.3) is 11.6 Å². The first-order valence-electron chi connectivity index (χ1n) is 6.76. The van der Waals surface area contributed by atoms with Crippen LogP contribution >= 0.6 is 11.8 Å². The molecular formula is C13H18N4O3S. The lowest BCUT2D eigenvalue weighted by Crippen LogP contribution is -2.32. The topological polar surface area (TPSA) is 110 Å². The third-order valence-electron chi connectivity index (χ3n) is 3.38. The predicted molar refractivity (Wildman–Crippen MR) is 83.3 cm³/mol. The van der Waals surface area contributed by atoms with Crippen molar-refractivity contribution in [2.45, 2.75) is 24.5 Å². The number of anilines is 1. The van der Waals surface area contributed by atoms with Crippen LogP contribution in [0.2, 0.25) is 0 Å². The average Bonchev–Trinajstić information content (AvgIpc) is 2.52. The molecule has 1 aromatic carbocycles.